The Morgan fingerprint density at radius 3 is 2.44 bits per heavy atom. The number of aromatic nitrogens is 1. The fourth-order valence-corrected chi connectivity index (χ4v) is 2.68. The van der Waals surface area contributed by atoms with Gasteiger partial charge < -0.3 is 4.40 Å². The van der Waals surface area contributed by atoms with Crippen LogP contribution >= 0.6 is 11.8 Å². The van der Waals surface area contributed by atoms with Gasteiger partial charge in [0.15, 0.2) is 0 Å². The van der Waals surface area contributed by atoms with E-state index in [1.165, 1.54) is 15.3 Å². The highest BCUT2D eigenvalue weighted by atomic mass is 32.2. The number of hydrogen-bond acceptors (Lipinski definition) is 1. The van der Waals surface area contributed by atoms with E-state index in [1.54, 1.807) is 11.8 Å². The maximum Gasteiger partial charge on any atom is 0.0589 e. The van der Waals surface area contributed by atoms with Crippen molar-refractivity contribution in [3.63, 3.8) is 0 Å². The zero-order chi connectivity index (χ0) is 10.8. The van der Waals surface area contributed by atoms with Crippen LogP contribution in [0.1, 0.15) is 0 Å². The standard InChI is InChI=1S/C14H11NS/c1-2-6-12(7-3-1)16-14-9-11-15-10-5-4-8-13(14)15/h1-11H. The Morgan fingerprint density at radius 1 is 0.750 bits per heavy atom. The van der Waals surface area contributed by atoms with E-state index in [-0.39, 0.29) is 0 Å². The molecule has 0 fully saturated rings. The normalized spacial score (nSPS) is 10.8. The van der Waals surface area contributed by atoms with E-state index in [0.717, 1.165) is 0 Å². The predicted octanol–water partition coefficient (Wildman–Crippen LogP) is 4.09. The first-order chi connectivity index (χ1) is 7.93. The van der Waals surface area contributed by atoms with Crippen LogP contribution in [0.5, 0.6) is 0 Å². The molecule has 0 spiro atoms. The topological polar surface area (TPSA) is 4.41 Å². The Kier molecular flexibility index (Phi) is 2.43. The van der Waals surface area contributed by atoms with Gasteiger partial charge in [-0.15, -0.1) is 0 Å². The van der Waals surface area contributed by atoms with Gasteiger partial charge in [0, 0.05) is 22.2 Å². The Balaban J connectivity index is 2.01. The Hall–Kier alpha value is -1.67. The van der Waals surface area contributed by atoms with Crippen LogP contribution in [0.15, 0.2) is 76.8 Å². The number of hydrogen-bond donors (Lipinski definition) is 0. The first kappa shape index (κ1) is 9.55. The van der Waals surface area contributed by atoms with Crippen molar-refractivity contribution >= 4 is 17.3 Å². The molecule has 0 radical (unpaired) electrons. The van der Waals surface area contributed by atoms with Gasteiger partial charge in [-0.1, -0.05) is 36.0 Å². The van der Waals surface area contributed by atoms with Gasteiger partial charge in [0.25, 0.3) is 0 Å². The molecule has 2 heteroatoms. The van der Waals surface area contributed by atoms with E-state index in [1.807, 2.05) is 12.1 Å². The number of nitrogens with zero attached hydrogens (tertiary/aromatic N) is 1. The fraction of sp³-hybridized carbons (Fsp3) is 0. The van der Waals surface area contributed by atoms with Crippen molar-refractivity contribution in [1.82, 2.24) is 4.40 Å². The molecule has 78 valence electrons. The monoisotopic (exact) mass is 225 g/mol. The zero-order valence-electron chi connectivity index (χ0n) is 8.71. The van der Waals surface area contributed by atoms with Crippen LogP contribution in [-0.2, 0) is 0 Å². The van der Waals surface area contributed by atoms with Crippen molar-refractivity contribution in [3.8, 4) is 0 Å². The molecule has 0 bridgehead atoms. The molecule has 0 amide bonds. The van der Waals surface area contributed by atoms with Crippen molar-refractivity contribution in [3.05, 3.63) is 67.0 Å². The first-order valence-electron chi connectivity index (χ1n) is 5.22. The van der Waals surface area contributed by atoms with Gasteiger partial charge in [0.1, 0.15) is 0 Å². The third kappa shape index (κ3) is 1.72. The average molecular weight is 225 g/mol. The molecule has 0 aliphatic heterocycles. The van der Waals surface area contributed by atoms with Crippen molar-refractivity contribution in [2.24, 2.45) is 0 Å². The van der Waals surface area contributed by atoms with Crippen LogP contribution in [-0.4, -0.2) is 4.40 Å². The molecule has 0 saturated carbocycles. The van der Waals surface area contributed by atoms with Gasteiger partial charge in [-0.25, -0.2) is 0 Å². The second kappa shape index (κ2) is 4.06. The summed E-state index contributed by atoms with van der Waals surface area (Å²) < 4.78 is 2.14. The highest BCUT2D eigenvalue weighted by Gasteiger charge is 2.02. The summed E-state index contributed by atoms with van der Waals surface area (Å²) in [4.78, 5) is 2.58. The lowest BCUT2D eigenvalue weighted by Crippen LogP contribution is -1.78. The molecule has 16 heavy (non-hydrogen) atoms. The third-order valence-corrected chi connectivity index (χ3v) is 3.57. The molecule has 0 aliphatic carbocycles. The molecule has 0 unspecified atom stereocenters. The summed E-state index contributed by atoms with van der Waals surface area (Å²) >= 11 is 1.80. The molecule has 0 saturated heterocycles. The van der Waals surface area contributed by atoms with Crippen LogP contribution in [0.25, 0.3) is 5.52 Å². The van der Waals surface area contributed by atoms with E-state index in [4.69, 9.17) is 0 Å². The third-order valence-electron chi connectivity index (χ3n) is 2.50. The summed E-state index contributed by atoms with van der Waals surface area (Å²) in [5.41, 5.74) is 1.26. The van der Waals surface area contributed by atoms with Crippen molar-refractivity contribution in [2.75, 3.05) is 0 Å². The lowest BCUT2D eigenvalue weighted by Gasteiger charge is -2.00. The lowest BCUT2D eigenvalue weighted by atomic mass is 10.4. The highest BCUT2D eigenvalue weighted by molar-refractivity contribution is 7.99. The van der Waals surface area contributed by atoms with Gasteiger partial charge in [0.2, 0.25) is 0 Å². The number of fused-ring (bicyclic) bond motifs is 1. The van der Waals surface area contributed by atoms with E-state index in [0.29, 0.717) is 0 Å². The summed E-state index contributed by atoms with van der Waals surface area (Å²) in [5.74, 6) is 0. The minimum atomic E-state index is 1.26. The minimum Gasteiger partial charge on any atom is -0.323 e. The van der Waals surface area contributed by atoms with E-state index < -0.39 is 0 Å². The molecule has 1 nitrogen and oxygen atoms in total. The largest absolute Gasteiger partial charge is 0.323 e. The molecule has 2 heterocycles. The Labute approximate surface area is 98.7 Å². The molecule has 2 aromatic heterocycles. The minimum absolute atomic E-state index is 1.26. The second-order valence-corrected chi connectivity index (χ2v) is 4.70. The van der Waals surface area contributed by atoms with E-state index >= 15 is 0 Å². The number of rotatable bonds is 2. The molecule has 3 rings (SSSR count). The lowest BCUT2D eigenvalue weighted by molar-refractivity contribution is 1.19. The van der Waals surface area contributed by atoms with Crippen LogP contribution in [0.2, 0.25) is 0 Å². The predicted molar refractivity (Wildman–Crippen MR) is 68.0 cm³/mol. The average Bonchev–Trinajstić information content (AvgIpc) is 2.74. The maximum atomic E-state index is 2.16. The molecule has 0 atom stereocenters. The van der Waals surface area contributed by atoms with E-state index in [2.05, 4.69) is 59.3 Å². The number of pyridine rings is 1. The van der Waals surface area contributed by atoms with Crippen LogP contribution in [0, 0.1) is 0 Å². The smallest absolute Gasteiger partial charge is 0.0589 e. The van der Waals surface area contributed by atoms with Gasteiger partial charge in [-0.2, -0.15) is 0 Å². The SMILES string of the molecule is c1ccc(Sc2ccn3ccccc23)cc1. The highest BCUT2D eigenvalue weighted by Crippen LogP contribution is 2.31. The summed E-state index contributed by atoms with van der Waals surface area (Å²) in [6.45, 7) is 0. The second-order valence-electron chi connectivity index (χ2n) is 3.59. The van der Waals surface area contributed by atoms with Crippen molar-refractivity contribution < 1.29 is 0 Å². The Bertz CT molecular complexity index is 598. The summed E-state index contributed by atoms with van der Waals surface area (Å²) in [6.07, 6.45) is 4.17. The van der Waals surface area contributed by atoms with Crippen LogP contribution < -0.4 is 0 Å². The molecule has 0 N–H and O–H groups in total. The quantitative estimate of drug-likeness (QED) is 0.635. The summed E-state index contributed by atoms with van der Waals surface area (Å²) in [6, 6.07) is 18.9. The molecule has 0 aliphatic rings. The maximum absolute atomic E-state index is 2.16. The Morgan fingerprint density at radius 2 is 1.56 bits per heavy atom. The fourth-order valence-electron chi connectivity index (χ4n) is 1.73. The molecule has 3 aromatic rings. The van der Waals surface area contributed by atoms with Crippen LogP contribution in [0.3, 0.4) is 0 Å². The van der Waals surface area contributed by atoms with Gasteiger partial charge in [-0.05, 0) is 30.3 Å². The molecular formula is C14H11NS. The molecule has 1 aromatic carbocycles. The first-order valence-corrected chi connectivity index (χ1v) is 6.04. The summed E-state index contributed by atoms with van der Waals surface area (Å²) in [5, 5.41) is 0. The molecular weight excluding hydrogens is 214 g/mol. The van der Waals surface area contributed by atoms with Gasteiger partial charge in [-0.3, -0.25) is 0 Å². The van der Waals surface area contributed by atoms with Crippen molar-refractivity contribution in [1.29, 1.82) is 0 Å². The summed E-state index contributed by atoms with van der Waals surface area (Å²) in [7, 11) is 0. The number of benzene rings is 1. The zero-order valence-corrected chi connectivity index (χ0v) is 9.52. The van der Waals surface area contributed by atoms with Crippen molar-refractivity contribution in [2.45, 2.75) is 9.79 Å². The van der Waals surface area contributed by atoms with E-state index in [9.17, 15) is 0 Å². The van der Waals surface area contributed by atoms with Gasteiger partial charge in [0.05, 0.1) is 5.52 Å². The van der Waals surface area contributed by atoms with Gasteiger partial charge >= 0.3 is 0 Å². The van der Waals surface area contributed by atoms with Crippen LogP contribution in [0.4, 0.5) is 0 Å².